The quantitative estimate of drug-likeness (QED) is 0.245. The van der Waals surface area contributed by atoms with Crippen molar-refractivity contribution >= 4 is 0 Å². The fourth-order valence-electron chi connectivity index (χ4n) is 14.4. The Hall–Kier alpha value is 0. The normalized spacial score (nSPS) is 26.1. The lowest BCUT2D eigenvalue weighted by atomic mass is 9.75. The monoisotopic (exact) mass is 1130 g/mol. The molecule has 0 N–H and O–H groups in total. The Morgan fingerprint density at radius 2 is 0.212 bits per heavy atom. The van der Waals surface area contributed by atoms with Crippen LogP contribution < -0.4 is 0 Å². The molecule has 8 aliphatic rings. The first kappa shape index (κ1) is 88.8. The van der Waals surface area contributed by atoms with Crippen LogP contribution >= 0.6 is 0 Å². The van der Waals surface area contributed by atoms with Crippen LogP contribution in [0.2, 0.25) is 0 Å². The van der Waals surface area contributed by atoms with Gasteiger partial charge in [-0.1, -0.05) is 460 Å². The molecule has 0 aliphatic heterocycles. The molecule has 0 aromatic rings. The lowest BCUT2D eigenvalue weighted by Gasteiger charge is -2.31. The minimum atomic E-state index is 0. The topological polar surface area (TPSA) is 0 Å². The molecular formula is C80H170. The van der Waals surface area contributed by atoms with E-state index in [2.05, 4.69) is 55.4 Å². The van der Waals surface area contributed by atoms with Crippen molar-refractivity contribution in [3.8, 4) is 0 Å². The van der Waals surface area contributed by atoms with Gasteiger partial charge in [-0.25, -0.2) is 0 Å². The second-order valence-corrected chi connectivity index (χ2v) is 28.2. The minimum Gasteiger partial charge on any atom is -0.0776 e. The molecule has 0 radical (unpaired) electrons. The fraction of sp³-hybridized carbons (Fsp3) is 1.00. The Morgan fingerprint density at radius 1 is 0.125 bits per heavy atom. The zero-order valence-corrected chi connectivity index (χ0v) is 56.0. The highest BCUT2D eigenvalue weighted by atomic mass is 14.3. The van der Waals surface area contributed by atoms with Crippen molar-refractivity contribution in [1.29, 1.82) is 0 Å². The summed E-state index contributed by atoms with van der Waals surface area (Å²) < 4.78 is 0. The van der Waals surface area contributed by atoms with E-state index in [0.717, 1.165) is 59.2 Å². The van der Waals surface area contributed by atoms with E-state index in [1.807, 2.05) is 27.7 Å². The fourth-order valence-corrected chi connectivity index (χ4v) is 14.4. The van der Waals surface area contributed by atoms with Gasteiger partial charge in [0.15, 0.2) is 0 Å². The molecule has 0 bridgehead atoms. The maximum Gasteiger partial charge on any atom is -0.0386 e. The summed E-state index contributed by atoms with van der Waals surface area (Å²) in [5, 5.41) is 0. The third-order valence-electron chi connectivity index (χ3n) is 20.1. The Labute approximate surface area is 516 Å². The van der Waals surface area contributed by atoms with Crippen molar-refractivity contribution in [3.05, 3.63) is 0 Å². The van der Waals surface area contributed by atoms with Crippen molar-refractivity contribution in [2.45, 2.75) is 460 Å². The van der Waals surface area contributed by atoms with Crippen molar-refractivity contribution in [3.63, 3.8) is 0 Å². The van der Waals surface area contributed by atoms with Crippen LogP contribution in [-0.2, 0) is 0 Å². The van der Waals surface area contributed by atoms with Gasteiger partial charge < -0.3 is 0 Å². The van der Waals surface area contributed by atoms with Crippen LogP contribution in [0.15, 0.2) is 0 Å². The van der Waals surface area contributed by atoms with Crippen LogP contribution in [0, 0.1) is 59.2 Å². The molecule has 8 aliphatic carbocycles. The van der Waals surface area contributed by atoms with Crippen LogP contribution in [0.4, 0.5) is 0 Å². The zero-order valence-electron chi connectivity index (χ0n) is 56.0. The van der Waals surface area contributed by atoms with E-state index in [4.69, 9.17) is 0 Å². The molecule has 0 atom stereocenters. The largest absolute Gasteiger partial charge is 0.0776 e. The summed E-state index contributed by atoms with van der Waals surface area (Å²) in [7, 11) is 0. The SMILES string of the molecule is C.C.C.C.CC.CC.CC1CCCC(C)CCC1.CC1CCCC(C2CCCCCCC2)CCC1.CC1CCCCCCC1.CC1CCCCCCC1.CC1CCCCCCC1.CC1CCCCCCC1.CC1CCCCCCC1. The standard InChI is InChI=1S/C17H32.C10H20.5C9H18.2C2H6.4CH4/c1-15-9-7-13-17(14-8-10-15)16-11-5-3-2-4-6-12-16;1-9-5-3-7-10(2)8-4-6-9;5*1-9-7-5-3-2-4-6-8-9;2*1-2;;;;/h15-17H,2-14H2,1H3;9-10H,3-8H2,1-2H3;5*9H,2-8H2,1H3;2*1-2H3;4*1H4. The average Bonchev–Trinajstić information content (AvgIpc) is 3.36. The molecule has 0 heterocycles. The second-order valence-electron chi connectivity index (χ2n) is 28.2. The predicted molar refractivity (Wildman–Crippen MR) is 379 cm³/mol. The van der Waals surface area contributed by atoms with Gasteiger partial charge in [-0.2, -0.15) is 0 Å². The van der Waals surface area contributed by atoms with Crippen LogP contribution in [0.5, 0.6) is 0 Å². The summed E-state index contributed by atoms with van der Waals surface area (Å²) in [6.45, 7) is 27.2. The molecule has 0 aromatic heterocycles. The number of rotatable bonds is 1. The maximum atomic E-state index is 2.45. The zero-order chi connectivity index (χ0) is 56.0. The minimum absolute atomic E-state index is 0. The van der Waals surface area contributed by atoms with Crippen LogP contribution in [0.25, 0.3) is 0 Å². The van der Waals surface area contributed by atoms with Crippen molar-refractivity contribution in [2.75, 3.05) is 0 Å². The first-order valence-corrected chi connectivity index (χ1v) is 37.1. The lowest BCUT2D eigenvalue weighted by molar-refractivity contribution is 0.210. The van der Waals surface area contributed by atoms with E-state index in [0.29, 0.717) is 0 Å². The van der Waals surface area contributed by atoms with E-state index in [9.17, 15) is 0 Å². The Kier molecular flexibility index (Phi) is 75.6. The second kappa shape index (κ2) is 68.1. The lowest BCUT2D eigenvalue weighted by Crippen LogP contribution is -2.18. The van der Waals surface area contributed by atoms with E-state index < -0.39 is 0 Å². The summed E-state index contributed by atoms with van der Waals surface area (Å²) in [5.74, 6) is 10.3. The molecule has 0 aromatic carbocycles. The van der Waals surface area contributed by atoms with Gasteiger partial charge >= 0.3 is 0 Å². The van der Waals surface area contributed by atoms with Crippen LogP contribution in [0.1, 0.15) is 460 Å². The van der Waals surface area contributed by atoms with E-state index in [1.54, 1.807) is 25.7 Å². The summed E-state index contributed by atoms with van der Waals surface area (Å²) >= 11 is 0. The first-order chi connectivity index (χ1) is 37.1. The van der Waals surface area contributed by atoms with E-state index >= 15 is 0 Å². The Bertz CT molecular complexity index is 880. The molecular weight excluding hydrogens is 961 g/mol. The molecule has 80 heavy (non-hydrogen) atoms. The van der Waals surface area contributed by atoms with Gasteiger partial charge in [-0.05, 0) is 59.2 Å². The highest BCUT2D eigenvalue weighted by molar-refractivity contribution is 4.76. The Morgan fingerprint density at radius 3 is 0.362 bits per heavy atom. The average molecular weight is 1130 g/mol. The van der Waals surface area contributed by atoms with E-state index in [1.165, 1.54) is 321 Å². The molecule has 0 spiro atoms. The van der Waals surface area contributed by atoms with E-state index in [-0.39, 0.29) is 29.7 Å². The van der Waals surface area contributed by atoms with Crippen molar-refractivity contribution < 1.29 is 0 Å². The van der Waals surface area contributed by atoms with Crippen molar-refractivity contribution in [1.82, 2.24) is 0 Å². The first-order valence-electron chi connectivity index (χ1n) is 37.1. The van der Waals surface area contributed by atoms with Gasteiger partial charge in [0.05, 0.1) is 0 Å². The van der Waals surface area contributed by atoms with Crippen LogP contribution in [0.3, 0.4) is 0 Å². The smallest absolute Gasteiger partial charge is 0.0386 e. The molecule has 8 rings (SSSR count). The molecule has 8 fully saturated rings. The molecule has 0 saturated heterocycles. The van der Waals surface area contributed by atoms with Gasteiger partial charge in [0.25, 0.3) is 0 Å². The number of hydrogen-bond acceptors (Lipinski definition) is 0. The molecule has 0 unspecified atom stereocenters. The Balaban J connectivity index is -0.000000272. The molecule has 8 saturated carbocycles. The van der Waals surface area contributed by atoms with Gasteiger partial charge in [0, 0.05) is 0 Å². The summed E-state index contributed by atoms with van der Waals surface area (Å²) in [6.07, 6.45) is 80.8. The predicted octanol–water partition coefficient (Wildman–Crippen LogP) is 31.0. The third-order valence-corrected chi connectivity index (χ3v) is 20.1. The van der Waals surface area contributed by atoms with Gasteiger partial charge in [0.1, 0.15) is 0 Å². The molecule has 0 amide bonds. The summed E-state index contributed by atoms with van der Waals surface area (Å²) in [5.41, 5.74) is 0. The van der Waals surface area contributed by atoms with Gasteiger partial charge in [-0.15, -0.1) is 0 Å². The van der Waals surface area contributed by atoms with Gasteiger partial charge in [0.2, 0.25) is 0 Å². The summed E-state index contributed by atoms with van der Waals surface area (Å²) in [6, 6.07) is 0. The highest BCUT2D eigenvalue weighted by Gasteiger charge is 2.23. The number of hydrogen-bond donors (Lipinski definition) is 0. The maximum absolute atomic E-state index is 2.45. The van der Waals surface area contributed by atoms with Crippen molar-refractivity contribution in [2.24, 2.45) is 59.2 Å². The summed E-state index contributed by atoms with van der Waals surface area (Å²) in [4.78, 5) is 0. The molecule has 490 valence electrons. The molecule has 0 heteroatoms. The van der Waals surface area contributed by atoms with Crippen LogP contribution in [-0.4, -0.2) is 0 Å². The molecule has 0 nitrogen and oxygen atoms in total. The third kappa shape index (κ3) is 59.7. The van der Waals surface area contributed by atoms with Gasteiger partial charge in [-0.3, -0.25) is 0 Å². The highest BCUT2D eigenvalue weighted by Crippen LogP contribution is 2.37.